The van der Waals surface area contributed by atoms with Crippen molar-refractivity contribution >= 4 is 0 Å². The minimum Gasteiger partial charge on any atom is -0.490 e. The zero-order chi connectivity index (χ0) is 12.3. The number of benzene rings is 1. The molecule has 1 heteroatoms. The Balaban J connectivity index is 1.84. The zero-order valence-corrected chi connectivity index (χ0v) is 11.3. The average Bonchev–Trinajstić information content (AvgIpc) is 2.33. The van der Waals surface area contributed by atoms with Gasteiger partial charge in [0.25, 0.3) is 0 Å². The van der Waals surface area contributed by atoms with Crippen LogP contribution in [0, 0.1) is 18.8 Å². The SMILES string of the molecule is Cc1ccc(O[C@H]2CC[C@H](C(C)C)CC2)cc1. The molecule has 17 heavy (non-hydrogen) atoms. The van der Waals surface area contributed by atoms with Crippen molar-refractivity contribution in [3.8, 4) is 5.75 Å². The second-order valence-corrected chi connectivity index (χ2v) is 5.71. The second-order valence-electron chi connectivity index (χ2n) is 5.71. The fraction of sp³-hybridized carbons (Fsp3) is 0.625. The van der Waals surface area contributed by atoms with Gasteiger partial charge in [-0.3, -0.25) is 0 Å². The Bertz CT molecular complexity index is 331. The van der Waals surface area contributed by atoms with Crippen molar-refractivity contribution in [1.29, 1.82) is 0 Å². The Labute approximate surface area is 105 Å². The molecule has 0 aliphatic heterocycles. The van der Waals surface area contributed by atoms with Gasteiger partial charge in [-0.15, -0.1) is 0 Å². The molecule has 1 aromatic carbocycles. The second kappa shape index (κ2) is 5.57. The Morgan fingerprint density at radius 2 is 1.59 bits per heavy atom. The molecular weight excluding hydrogens is 208 g/mol. The Morgan fingerprint density at radius 3 is 2.12 bits per heavy atom. The molecular formula is C16H24O. The molecule has 0 saturated heterocycles. The maximum atomic E-state index is 6.04. The highest BCUT2D eigenvalue weighted by molar-refractivity contribution is 5.26. The Hall–Kier alpha value is -0.980. The van der Waals surface area contributed by atoms with Gasteiger partial charge in [-0.1, -0.05) is 31.5 Å². The van der Waals surface area contributed by atoms with Gasteiger partial charge in [-0.2, -0.15) is 0 Å². The molecule has 0 heterocycles. The number of aryl methyl sites for hydroxylation is 1. The third kappa shape index (κ3) is 3.49. The van der Waals surface area contributed by atoms with Gasteiger partial charge in [0.1, 0.15) is 5.75 Å². The number of rotatable bonds is 3. The van der Waals surface area contributed by atoms with Crippen molar-refractivity contribution in [3.63, 3.8) is 0 Å². The van der Waals surface area contributed by atoms with Crippen LogP contribution in [0.1, 0.15) is 45.1 Å². The van der Waals surface area contributed by atoms with E-state index in [1.54, 1.807) is 0 Å². The summed E-state index contributed by atoms with van der Waals surface area (Å²) in [6.45, 7) is 6.79. The molecule has 94 valence electrons. The third-order valence-electron chi connectivity index (χ3n) is 3.99. The standard InChI is InChI=1S/C16H24O/c1-12(2)14-6-10-16(11-7-14)17-15-8-4-13(3)5-9-15/h4-5,8-9,12,14,16H,6-7,10-11H2,1-3H3/t14-,16-. The summed E-state index contributed by atoms with van der Waals surface area (Å²) in [4.78, 5) is 0. The average molecular weight is 232 g/mol. The lowest BCUT2D eigenvalue weighted by Gasteiger charge is -2.31. The molecule has 1 aromatic rings. The fourth-order valence-electron chi connectivity index (χ4n) is 2.68. The van der Waals surface area contributed by atoms with Crippen molar-refractivity contribution in [1.82, 2.24) is 0 Å². The van der Waals surface area contributed by atoms with Crippen LogP contribution in [0.3, 0.4) is 0 Å². The van der Waals surface area contributed by atoms with E-state index >= 15 is 0 Å². The van der Waals surface area contributed by atoms with Gasteiger partial charge in [-0.25, -0.2) is 0 Å². The van der Waals surface area contributed by atoms with Gasteiger partial charge in [0.2, 0.25) is 0 Å². The monoisotopic (exact) mass is 232 g/mol. The van der Waals surface area contributed by atoms with Crippen LogP contribution in [0.2, 0.25) is 0 Å². The highest BCUT2D eigenvalue weighted by Crippen LogP contribution is 2.31. The first-order valence-electron chi connectivity index (χ1n) is 6.88. The minimum absolute atomic E-state index is 0.438. The van der Waals surface area contributed by atoms with Crippen LogP contribution in [-0.4, -0.2) is 6.10 Å². The molecule has 0 amide bonds. The summed E-state index contributed by atoms with van der Waals surface area (Å²) in [5, 5.41) is 0. The first kappa shape index (κ1) is 12.5. The largest absolute Gasteiger partial charge is 0.490 e. The summed E-state index contributed by atoms with van der Waals surface area (Å²) in [5.41, 5.74) is 1.29. The fourth-order valence-corrected chi connectivity index (χ4v) is 2.68. The third-order valence-corrected chi connectivity index (χ3v) is 3.99. The van der Waals surface area contributed by atoms with E-state index in [-0.39, 0.29) is 0 Å². The molecule has 0 unspecified atom stereocenters. The molecule has 1 fully saturated rings. The molecule has 0 atom stereocenters. The van der Waals surface area contributed by atoms with Gasteiger partial charge in [0, 0.05) is 0 Å². The maximum Gasteiger partial charge on any atom is 0.119 e. The van der Waals surface area contributed by atoms with E-state index in [0.717, 1.165) is 17.6 Å². The zero-order valence-electron chi connectivity index (χ0n) is 11.3. The van der Waals surface area contributed by atoms with E-state index in [9.17, 15) is 0 Å². The van der Waals surface area contributed by atoms with Crippen molar-refractivity contribution in [2.75, 3.05) is 0 Å². The molecule has 2 rings (SSSR count). The lowest BCUT2D eigenvalue weighted by atomic mass is 9.80. The van der Waals surface area contributed by atoms with Crippen molar-refractivity contribution < 1.29 is 4.74 Å². The molecule has 1 aliphatic carbocycles. The predicted octanol–water partition coefficient (Wildman–Crippen LogP) is 4.59. The van der Waals surface area contributed by atoms with E-state index in [2.05, 4.69) is 45.0 Å². The molecule has 0 radical (unpaired) electrons. The van der Waals surface area contributed by atoms with Gasteiger partial charge in [0.05, 0.1) is 6.10 Å². The minimum atomic E-state index is 0.438. The molecule has 0 bridgehead atoms. The van der Waals surface area contributed by atoms with Crippen LogP contribution < -0.4 is 4.74 Å². The molecule has 1 nitrogen and oxygen atoms in total. The Morgan fingerprint density at radius 1 is 1.00 bits per heavy atom. The molecule has 1 saturated carbocycles. The quantitative estimate of drug-likeness (QED) is 0.740. The summed E-state index contributed by atoms with van der Waals surface area (Å²) >= 11 is 0. The highest BCUT2D eigenvalue weighted by atomic mass is 16.5. The lowest BCUT2D eigenvalue weighted by Crippen LogP contribution is -2.26. The molecule has 0 aromatic heterocycles. The summed E-state index contributed by atoms with van der Waals surface area (Å²) in [7, 11) is 0. The van der Waals surface area contributed by atoms with Crippen molar-refractivity contribution in [3.05, 3.63) is 29.8 Å². The van der Waals surface area contributed by atoms with Crippen molar-refractivity contribution in [2.45, 2.75) is 52.6 Å². The summed E-state index contributed by atoms with van der Waals surface area (Å²) in [6.07, 6.45) is 5.53. The molecule has 1 aliphatic rings. The topological polar surface area (TPSA) is 9.23 Å². The predicted molar refractivity (Wildman–Crippen MR) is 72.4 cm³/mol. The summed E-state index contributed by atoms with van der Waals surface area (Å²) in [6, 6.07) is 8.41. The Kier molecular flexibility index (Phi) is 4.09. The first-order valence-corrected chi connectivity index (χ1v) is 6.88. The van der Waals surface area contributed by atoms with E-state index in [4.69, 9.17) is 4.74 Å². The van der Waals surface area contributed by atoms with Gasteiger partial charge in [-0.05, 0) is 56.6 Å². The van der Waals surface area contributed by atoms with E-state index in [0.29, 0.717) is 6.10 Å². The van der Waals surface area contributed by atoms with Crippen molar-refractivity contribution in [2.24, 2.45) is 11.8 Å². The van der Waals surface area contributed by atoms with Crippen LogP contribution >= 0.6 is 0 Å². The lowest BCUT2D eigenvalue weighted by molar-refractivity contribution is 0.117. The normalized spacial score (nSPS) is 24.9. The number of ether oxygens (including phenoxy) is 1. The molecule has 0 spiro atoms. The van der Waals surface area contributed by atoms with Crippen LogP contribution in [0.25, 0.3) is 0 Å². The molecule has 0 N–H and O–H groups in total. The van der Waals surface area contributed by atoms with Crippen LogP contribution in [0.5, 0.6) is 5.75 Å². The smallest absolute Gasteiger partial charge is 0.119 e. The van der Waals surface area contributed by atoms with Crippen LogP contribution in [0.4, 0.5) is 0 Å². The van der Waals surface area contributed by atoms with Gasteiger partial charge in [0.15, 0.2) is 0 Å². The van der Waals surface area contributed by atoms with E-state index < -0.39 is 0 Å². The number of hydrogen-bond donors (Lipinski definition) is 0. The maximum absolute atomic E-state index is 6.04. The van der Waals surface area contributed by atoms with Gasteiger partial charge < -0.3 is 4.74 Å². The van der Waals surface area contributed by atoms with Crippen LogP contribution in [-0.2, 0) is 0 Å². The van der Waals surface area contributed by atoms with Crippen LogP contribution in [0.15, 0.2) is 24.3 Å². The van der Waals surface area contributed by atoms with E-state index in [1.807, 2.05) is 0 Å². The summed E-state index contributed by atoms with van der Waals surface area (Å²) < 4.78 is 6.04. The highest BCUT2D eigenvalue weighted by Gasteiger charge is 2.24. The first-order chi connectivity index (χ1) is 8.15. The summed E-state index contributed by atoms with van der Waals surface area (Å²) in [5.74, 6) is 2.77. The number of hydrogen-bond acceptors (Lipinski definition) is 1. The van der Waals surface area contributed by atoms with E-state index in [1.165, 1.54) is 31.2 Å². The van der Waals surface area contributed by atoms with Gasteiger partial charge >= 0.3 is 0 Å².